The molecule has 8 nitrogen and oxygen atoms in total. The van der Waals surface area contributed by atoms with E-state index in [-0.39, 0.29) is 11.9 Å². The summed E-state index contributed by atoms with van der Waals surface area (Å²) < 4.78 is 0. The number of amides is 3. The standard InChI is InChI=1S/C24H22N4O4/c29-22(28-14-4-7-21(28)23(30)31)17-10-13-20(25-15-17)16-8-11-19(12-9-16)27-24(32)26-18-5-2-1-3-6-18/h1-3,5-6,8-13,15,21H,4,7,14H2,(H,30,31)(H2,26,27,32)/t21-/m0/s1. The lowest BCUT2D eigenvalue weighted by Gasteiger charge is -2.21. The number of aromatic nitrogens is 1. The van der Waals surface area contributed by atoms with Gasteiger partial charge in [0.2, 0.25) is 0 Å². The van der Waals surface area contributed by atoms with Gasteiger partial charge < -0.3 is 20.6 Å². The van der Waals surface area contributed by atoms with Crippen LogP contribution in [0.2, 0.25) is 0 Å². The van der Waals surface area contributed by atoms with Crippen molar-refractivity contribution in [3.8, 4) is 11.3 Å². The summed E-state index contributed by atoms with van der Waals surface area (Å²) >= 11 is 0. The van der Waals surface area contributed by atoms with Crippen LogP contribution >= 0.6 is 0 Å². The fourth-order valence-electron chi connectivity index (χ4n) is 3.66. The number of carbonyl (C=O) groups excluding carboxylic acids is 2. The number of carbonyl (C=O) groups is 3. The van der Waals surface area contributed by atoms with Crippen LogP contribution in [0.15, 0.2) is 72.9 Å². The first-order valence-corrected chi connectivity index (χ1v) is 10.2. The zero-order valence-electron chi connectivity index (χ0n) is 17.2. The van der Waals surface area contributed by atoms with E-state index in [4.69, 9.17) is 0 Å². The summed E-state index contributed by atoms with van der Waals surface area (Å²) in [6.45, 7) is 0.434. The predicted octanol–water partition coefficient (Wildman–Crippen LogP) is 4.08. The van der Waals surface area contributed by atoms with Crippen LogP contribution in [0.25, 0.3) is 11.3 Å². The third kappa shape index (κ3) is 4.75. The third-order valence-electron chi connectivity index (χ3n) is 5.28. The first-order valence-electron chi connectivity index (χ1n) is 10.2. The Labute approximate surface area is 184 Å². The minimum absolute atomic E-state index is 0.321. The molecule has 3 N–H and O–H groups in total. The van der Waals surface area contributed by atoms with E-state index in [9.17, 15) is 19.5 Å². The number of nitrogens with zero attached hydrogens (tertiary/aromatic N) is 2. The van der Waals surface area contributed by atoms with E-state index in [1.54, 1.807) is 36.4 Å². The van der Waals surface area contributed by atoms with Gasteiger partial charge in [0.1, 0.15) is 6.04 Å². The highest BCUT2D eigenvalue weighted by molar-refractivity contribution is 6.00. The van der Waals surface area contributed by atoms with Crippen LogP contribution in [-0.4, -0.2) is 45.5 Å². The van der Waals surface area contributed by atoms with Crippen molar-refractivity contribution in [1.82, 2.24) is 9.88 Å². The predicted molar refractivity (Wildman–Crippen MR) is 120 cm³/mol. The fourth-order valence-corrected chi connectivity index (χ4v) is 3.66. The van der Waals surface area contributed by atoms with Crippen molar-refractivity contribution in [1.29, 1.82) is 0 Å². The number of hydrogen-bond acceptors (Lipinski definition) is 4. The van der Waals surface area contributed by atoms with Crippen LogP contribution in [0, 0.1) is 0 Å². The van der Waals surface area contributed by atoms with E-state index in [1.807, 2.05) is 30.3 Å². The zero-order chi connectivity index (χ0) is 22.5. The quantitative estimate of drug-likeness (QED) is 0.565. The lowest BCUT2D eigenvalue weighted by Crippen LogP contribution is -2.40. The van der Waals surface area contributed by atoms with Gasteiger partial charge in [-0.15, -0.1) is 0 Å². The molecule has 0 bridgehead atoms. The molecule has 3 amide bonds. The molecule has 0 saturated carbocycles. The van der Waals surface area contributed by atoms with Crippen molar-refractivity contribution in [3.63, 3.8) is 0 Å². The average Bonchev–Trinajstić information content (AvgIpc) is 3.30. The Morgan fingerprint density at radius 1 is 0.906 bits per heavy atom. The topological polar surface area (TPSA) is 112 Å². The summed E-state index contributed by atoms with van der Waals surface area (Å²) in [5.74, 6) is -1.30. The van der Waals surface area contributed by atoms with Crippen LogP contribution in [0.1, 0.15) is 23.2 Å². The van der Waals surface area contributed by atoms with Gasteiger partial charge in [-0.05, 0) is 49.2 Å². The van der Waals surface area contributed by atoms with Gasteiger partial charge in [-0.25, -0.2) is 9.59 Å². The molecule has 2 heterocycles. The third-order valence-corrected chi connectivity index (χ3v) is 5.28. The van der Waals surface area contributed by atoms with Gasteiger partial charge in [0.25, 0.3) is 5.91 Å². The van der Waals surface area contributed by atoms with E-state index < -0.39 is 12.0 Å². The number of pyridine rings is 1. The lowest BCUT2D eigenvalue weighted by atomic mass is 10.1. The van der Waals surface area contributed by atoms with E-state index in [2.05, 4.69) is 15.6 Å². The molecule has 32 heavy (non-hydrogen) atoms. The van der Waals surface area contributed by atoms with Crippen molar-refractivity contribution in [2.45, 2.75) is 18.9 Å². The number of likely N-dealkylation sites (tertiary alicyclic amines) is 1. The highest BCUT2D eigenvalue weighted by atomic mass is 16.4. The summed E-state index contributed by atoms with van der Waals surface area (Å²) in [6.07, 6.45) is 2.61. The Balaban J connectivity index is 1.39. The molecule has 2 aromatic carbocycles. The van der Waals surface area contributed by atoms with Gasteiger partial charge in [0, 0.05) is 29.7 Å². The number of anilines is 2. The minimum Gasteiger partial charge on any atom is -0.480 e. The summed E-state index contributed by atoms with van der Waals surface area (Å²) in [5, 5.41) is 14.8. The molecule has 1 fully saturated rings. The summed E-state index contributed by atoms with van der Waals surface area (Å²) in [4.78, 5) is 41.9. The second kappa shape index (κ2) is 9.30. The Morgan fingerprint density at radius 3 is 2.22 bits per heavy atom. The number of benzene rings is 2. The van der Waals surface area contributed by atoms with E-state index in [0.717, 1.165) is 5.56 Å². The Morgan fingerprint density at radius 2 is 1.59 bits per heavy atom. The van der Waals surface area contributed by atoms with Gasteiger partial charge in [0.15, 0.2) is 0 Å². The first kappa shape index (κ1) is 21.0. The van der Waals surface area contributed by atoms with Gasteiger partial charge in [-0.1, -0.05) is 30.3 Å². The Kier molecular flexibility index (Phi) is 6.12. The number of urea groups is 1. The van der Waals surface area contributed by atoms with Crippen molar-refractivity contribution >= 4 is 29.3 Å². The molecule has 3 aromatic rings. The molecule has 4 rings (SSSR count). The number of nitrogens with one attached hydrogen (secondary N) is 2. The molecule has 1 aliphatic heterocycles. The largest absolute Gasteiger partial charge is 0.480 e. The molecule has 1 saturated heterocycles. The molecule has 8 heteroatoms. The monoisotopic (exact) mass is 430 g/mol. The van der Waals surface area contributed by atoms with Crippen molar-refractivity contribution in [2.24, 2.45) is 0 Å². The van der Waals surface area contributed by atoms with Crippen LogP contribution in [0.3, 0.4) is 0 Å². The number of aliphatic carboxylic acids is 1. The molecule has 0 spiro atoms. The number of hydrogen-bond donors (Lipinski definition) is 3. The van der Waals surface area contributed by atoms with Gasteiger partial charge in [-0.2, -0.15) is 0 Å². The fraction of sp³-hybridized carbons (Fsp3) is 0.167. The number of carboxylic acid groups (broad SMARTS) is 1. The smallest absolute Gasteiger partial charge is 0.326 e. The van der Waals surface area contributed by atoms with E-state index in [1.165, 1.54) is 11.1 Å². The maximum Gasteiger partial charge on any atom is 0.326 e. The van der Waals surface area contributed by atoms with E-state index >= 15 is 0 Å². The van der Waals surface area contributed by atoms with Gasteiger partial charge in [-0.3, -0.25) is 9.78 Å². The van der Waals surface area contributed by atoms with Crippen LogP contribution in [-0.2, 0) is 4.79 Å². The van der Waals surface area contributed by atoms with Gasteiger partial charge in [0.05, 0.1) is 11.3 Å². The summed E-state index contributed by atoms with van der Waals surface area (Å²) in [6, 6.07) is 18.6. The number of rotatable bonds is 5. The highest BCUT2D eigenvalue weighted by Crippen LogP contribution is 2.23. The Bertz CT molecular complexity index is 1120. The Hall–Kier alpha value is -4.20. The summed E-state index contributed by atoms with van der Waals surface area (Å²) in [7, 11) is 0. The molecule has 1 aliphatic rings. The molecular weight excluding hydrogens is 408 g/mol. The molecular formula is C24H22N4O4. The molecule has 1 atom stereocenters. The maximum atomic E-state index is 12.7. The lowest BCUT2D eigenvalue weighted by molar-refractivity contribution is -0.141. The van der Waals surface area contributed by atoms with Crippen LogP contribution in [0.4, 0.5) is 16.2 Å². The van der Waals surface area contributed by atoms with Gasteiger partial charge >= 0.3 is 12.0 Å². The molecule has 1 aromatic heterocycles. The summed E-state index contributed by atoms with van der Waals surface area (Å²) in [5.41, 5.74) is 3.17. The molecule has 0 radical (unpaired) electrons. The molecule has 0 unspecified atom stereocenters. The van der Waals surface area contributed by atoms with Crippen LogP contribution in [0.5, 0.6) is 0 Å². The van der Waals surface area contributed by atoms with E-state index in [0.29, 0.717) is 42.0 Å². The van der Waals surface area contributed by atoms with Crippen molar-refractivity contribution < 1.29 is 19.5 Å². The second-order valence-electron chi connectivity index (χ2n) is 7.45. The first-order chi connectivity index (χ1) is 15.5. The molecule has 162 valence electrons. The number of para-hydroxylation sites is 1. The molecule has 0 aliphatic carbocycles. The maximum absolute atomic E-state index is 12.7. The van der Waals surface area contributed by atoms with Crippen LogP contribution < -0.4 is 10.6 Å². The highest BCUT2D eigenvalue weighted by Gasteiger charge is 2.34. The number of carboxylic acids is 1. The second-order valence-corrected chi connectivity index (χ2v) is 7.45. The van der Waals surface area contributed by atoms with Crippen molar-refractivity contribution in [3.05, 3.63) is 78.5 Å². The average molecular weight is 430 g/mol. The normalized spacial score (nSPS) is 15.2. The van der Waals surface area contributed by atoms with Crippen molar-refractivity contribution in [2.75, 3.05) is 17.2 Å². The minimum atomic E-state index is -0.980. The SMILES string of the molecule is O=C(Nc1ccccc1)Nc1ccc(-c2ccc(C(=O)N3CCC[C@H]3C(=O)O)cn2)cc1. The zero-order valence-corrected chi connectivity index (χ0v) is 17.2.